The molecule has 0 saturated carbocycles. The largest absolute Gasteiger partial charge is 0.370 e. The lowest BCUT2D eigenvalue weighted by Crippen LogP contribution is -2.32. The van der Waals surface area contributed by atoms with Crippen LogP contribution in [-0.4, -0.2) is 38.1 Å². The fourth-order valence-electron chi connectivity index (χ4n) is 3.47. The number of nitrogens with zero attached hydrogens (tertiary/aromatic N) is 2. The highest BCUT2D eigenvalue weighted by Crippen LogP contribution is 2.28. The van der Waals surface area contributed by atoms with Gasteiger partial charge in [0.15, 0.2) is 0 Å². The van der Waals surface area contributed by atoms with Crippen LogP contribution in [0.5, 0.6) is 0 Å². The van der Waals surface area contributed by atoms with Crippen LogP contribution in [0.1, 0.15) is 30.4 Å². The van der Waals surface area contributed by atoms with Gasteiger partial charge >= 0.3 is 6.03 Å². The predicted octanol–water partition coefficient (Wildman–Crippen LogP) is 4.06. The first-order valence-corrected chi connectivity index (χ1v) is 9.73. The van der Waals surface area contributed by atoms with Crippen molar-refractivity contribution >= 4 is 17.4 Å². The zero-order valence-electron chi connectivity index (χ0n) is 16.4. The summed E-state index contributed by atoms with van der Waals surface area (Å²) in [5.41, 5.74) is 4.35. The van der Waals surface area contributed by atoms with Gasteiger partial charge in [0.25, 0.3) is 0 Å². The van der Waals surface area contributed by atoms with Gasteiger partial charge in [-0.05, 0) is 56.6 Å². The minimum Gasteiger partial charge on any atom is -0.370 e. The molecule has 5 nitrogen and oxygen atoms in total. The van der Waals surface area contributed by atoms with Crippen molar-refractivity contribution in [1.82, 2.24) is 10.2 Å². The van der Waals surface area contributed by atoms with Gasteiger partial charge in [0.1, 0.15) is 0 Å². The van der Waals surface area contributed by atoms with Crippen molar-refractivity contribution in [2.45, 2.75) is 32.4 Å². The summed E-state index contributed by atoms with van der Waals surface area (Å²) in [4.78, 5) is 16.9. The van der Waals surface area contributed by atoms with E-state index in [1.165, 1.54) is 24.8 Å². The molecule has 0 bridgehead atoms. The van der Waals surface area contributed by atoms with Crippen molar-refractivity contribution in [3.8, 4) is 0 Å². The Balaban J connectivity index is 1.55. The van der Waals surface area contributed by atoms with E-state index in [0.717, 1.165) is 36.6 Å². The molecule has 0 aliphatic carbocycles. The first-order chi connectivity index (χ1) is 13.1. The third-order valence-corrected chi connectivity index (χ3v) is 4.82. The van der Waals surface area contributed by atoms with Crippen LogP contribution in [0.4, 0.5) is 16.2 Å². The molecule has 3 rings (SSSR count). The quantitative estimate of drug-likeness (QED) is 0.810. The average molecular weight is 367 g/mol. The summed E-state index contributed by atoms with van der Waals surface area (Å²) in [7, 11) is 4.11. The number of hydrogen-bond acceptors (Lipinski definition) is 3. The van der Waals surface area contributed by atoms with Crippen LogP contribution in [0.3, 0.4) is 0 Å². The highest BCUT2D eigenvalue weighted by Gasteiger charge is 2.15. The number of para-hydroxylation sites is 2. The van der Waals surface area contributed by atoms with E-state index in [1.807, 2.05) is 18.2 Å². The minimum atomic E-state index is -0.170. The Morgan fingerprint density at radius 3 is 2.33 bits per heavy atom. The van der Waals surface area contributed by atoms with Crippen LogP contribution in [0.25, 0.3) is 0 Å². The van der Waals surface area contributed by atoms with Gasteiger partial charge in [-0.15, -0.1) is 0 Å². The van der Waals surface area contributed by atoms with Crippen molar-refractivity contribution < 1.29 is 4.79 Å². The molecule has 1 fully saturated rings. The lowest BCUT2D eigenvalue weighted by molar-refractivity contribution is 0.251. The van der Waals surface area contributed by atoms with Crippen molar-refractivity contribution in [2.75, 3.05) is 37.4 Å². The summed E-state index contributed by atoms with van der Waals surface area (Å²) < 4.78 is 0. The predicted molar refractivity (Wildman–Crippen MR) is 112 cm³/mol. The number of anilines is 2. The summed E-state index contributed by atoms with van der Waals surface area (Å²) >= 11 is 0. The van der Waals surface area contributed by atoms with Crippen molar-refractivity contribution in [3.05, 3.63) is 59.7 Å². The van der Waals surface area contributed by atoms with Crippen LogP contribution in [0.15, 0.2) is 48.5 Å². The summed E-state index contributed by atoms with van der Waals surface area (Å²) in [5, 5.41) is 5.98. The standard InChI is InChI=1S/C22H30N4O/c1-25(2)17-19-12-10-18(11-13-19)16-23-22(27)24-20-8-4-5-9-21(20)26-14-6-3-7-15-26/h4-5,8-13H,3,6-7,14-17H2,1-2H3,(H2,23,24,27). The molecule has 1 saturated heterocycles. The van der Waals surface area contributed by atoms with Crippen LogP contribution < -0.4 is 15.5 Å². The van der Waals surface area contributed by atoms with Gasteiger partial charge < -0.3 is 20.4 Å². The van der Waals surface area contributed by atoms with Gasteiger partial charge in [-0.2, -0.15) is 0 Å². The second-order valence-electron chi connectivity index (χ2n) is 7.43. The Labute approximate surface area is 162 Å². The molecule has 0 spiro atoms. The van der Waals surface area contributed by atoms with E-state index in [0.29, 0.717) is 6.54 Å². The minimum absolute atomic E-state index is 0.170. The lowest BCUT2D eigenvalue weighted by Gasteiger charge is -2.30. The first kappa shape index (κ1) is 19.2. The smallest absolute Gasteiger partial charge is 0.319 e. The Hall–Kier alpha value is -2.53. The lowest BCUT2D eigenvalue weighted by atomic mass is 10.1. The summed E-state index contributed by atoms with van der Waals surface area (Å²) in [6.45, 7) is 3.54. The average Bonchev–Trinajstić information content (AvgIpc) is 2.68. The normalized spacial score (nSPS) is 14.3. The number of benzene rings is 2. The molecule has 2 aromatic carbocycles. The van der Waals surface area contributed by atoms with E-state index in [1.54, 1.807) is 0 Å². The number of urea groups is 1. The number of carbonyl (C=O) groups excluding carboxylic acids is 1. The number of amides is 2. The second kappa shape index (κ2) is 9.42. The number of rotatable bonds is 6. The molecular weight excluding hydrogens is 336 g/mol. The van der Waals surface area contributed by atoms with Gasteiger partial charge in [-0.3, -0.25) is 0 Å². The molecule has 0 atom stereocenters. The maximum absolute atomic E-state index is 12.4. The van der Waals surface area contributed by atoms with E-state index >= 15 is 0 Å². The van der Waals surface area contributed by atoms with E-state index in [-0.39, 0.29) is 6.03 Å². The van der Waals surface area contributed by atoms with Gasteiger partial charge in [0, 0.05) is 26.2 Å². The molecule has 1 aliphatic rings. The van der Waals surface area contributed by atoms with Crippen molar-refractivity contribution in [1.29, 1.82) is 0 Å². The zero-order chi connectivity index (χ0) is 19.1. The van der Waals surface area contributed by atoms with Crippen LogP contribution in [-0.2, 0) is 13.1 Å². The fraction of sp³-hybridized carbons (Fsp3) is 0.409. The van der Waals surface area contributed by atoms with Crippen molar-refractivity contribution in [3.63, 3.8) is 0 Å². The molecule has 0 aromatic heterocycles. The van der Waals surface area contributed by atoms with Crippen LogP contribution in [0.2, 0.25) is 0 Å². The molecular formula is C22H30N4O. The SMILES string of the molecule is CN(C)Cc1ccc(CNC(=O)Nc2ccccc2N2CCCCC2)cc1. The molecule has 5 heteroatoms. The summed E-state index contributed by atoms with van der Waals surface area (Å²) in [6.07, 6.45) is 3.72. The Bertz CT molecular complexity index is 736. The Kier molecular flexibility index (Phi) is 6.71. The van der Waals surface area contributed by atoms with Crippen LogP contribution >= 0.6 is 0 Å². The van der Waals surface area contributed by atoms with E-state index in [9.17, 15) is 4.79 Å². The van der Waals surface area contributed by atoms with Gasteiger partial charge in [0.2, 0.25) is 0 Å². The highest BCUT2D eigenvalue weighted by molar-refractivity contribution is 5.93. The van der Waals surface area contributed by atoms with Crippen molar-refractivity contribution in [2.24, 2.45) is 0 Å². The van der Waals surface area contributed by atoms with E-state index in [4.69, 9.17) is 0 Å². The molecule has 2 N–H and O–H groups in total. The van der Waals surface area contributed by atoms with E-state index in [2.05, 4.69) is 64.9 Å². The number of nitrogens with one attached hydrogen (secondary N) is 2. The molecule has 0 radical (unpaired) electrons. The molecule has 2 amide bonds. The third-order valence-electron chi connectivity index (χ3n) is 4.82. The highest BCUT2D eigenvalue weighted by atomic mass is 16.2. The molecule has 144 valence electrons. The number of carbonyl (C=O) groups is 1. The number of piperidine rings is 1. The maximum Gasteiger partial charge on any atom is 0.319 e. The molecule has 1 aliphatic heterocycles. The zero-order valence-corrected chi connectivity index (χ0v) is 16.4. The van der Waals surface area contributed by atoms with E-state index < -0.39 is 0 Å². The monoisotopic (exact) mass is 366 g/mol. The second-order valence-corrected chi connectivity index (χ2v) is 7.43. The molecule has 27 heavy (non-hydrogen) atoms. The molecule has 0 unspecified atom stereocenters. The van der Waals surface area contributed by atoms with Crippen LogP contribution in [0, 0.1) is 0 Å². The maximum atomic E-state index is 12.4. The third kappa shape index (κ3) is 5.73. The molecule has 2 aromatic rings. The number of hydrogen-bond donors (Lipinski definition) is 2. The summed E-state index contributed by atoms with van der Waals surface area (Å²) in [5.74, 6) is 0. The first-order valence-electron chi connectivity index (χ1n) is 9.73. The van der Waals surface area contributed by atoms with Gasteiger partial charge in [-0.25, -0.2) is 4.79 Å². The Morgan fingerprint density at radius 2 is 1.63 bits per heavy atom. The summed E-state index contributed by atoms with van der Waals surface area (Å²) in [6, 6.07) is 16.2. The van der Waals surface area contributed by atoms with Gasteiger partial charge in [0.05, 0.1) is 11.4 Å². The Morgan fingerprint density at radius 1 is 0.963 bits per heavy atom. The molecule has 1 heterocycles. The fourth-order valence-corrected chi connectivity index (χ4v) is 3.47. The van der Waals surface area contributed by atoms with Gasteiger partial charge in [-0.1, -0.05) is 36.4 Å². The topological polar surface area (TPSA) is 47.6 Å².